The monoisotopic (exact) mass is 236 g/mol. The molecule has 0 spiro atoms. The van der Waals surface area contributed by atoms with Crippen LogP contribution in [-0.4, -0.2) is 24.9 Å². The number of benzene rings is 1. The molecule has 1 heterocycles. The fourth-order valence-electron chi connectivity index (χ4n) is 1.50. The fourth-order valence-corrected chi connectivity index (χ4v) is 2.28. The summed E-state index contributed by atoms with van der Waals surface area (Å²) >= 11 is 0. The predicted molar refractivity (Wildman–Crippen MR) is 61.9 cm³/mol. The first-order valence-corrected chi connectivity index (χ1v) is 6.68. The summed E-state index contributed by atoms with van der Waals surface area (Å²) in [4.78, 5) is 0. The van der Waals surface area contributed by atoms with E-state index in [-0.39, 0.29) is 5.03 Å². The summed E-state index contributed by atoms with van der Waals surface area (Å²) in [7, 11) is -3.27. The highest BCUT2D eigenvalue weighted by Gasteiger charge is 2.16. The Bertz CT molecular complexity index is 597. The van der Waals surface area contributed by atoms with Gasteiger partial charge in [-0.05, 0) is 12.5 Å². The van der Waals surface area contributed by atoms with E-state index in [2.05, 4.69) is 10.2 Å². The molecule has 0 radical (unpaired) electrons. The predicted octanol–water partition coefficient (Wildman–Crippen LogP) is 1.79. The lowest BCUT2D eigenvalue weighted by molar-refractivity contribution is 0.598. The number of rotatable bonds is 2. The van der Waals surface area contributed by atoms with Crippen LogP contribution in [0, 0.1) is 6.92 Å². The van der Waals surface area contributed by atoms with E-state index in [0.29, 0.717) is 5.56 Å². The summed E-state index contributed by atoms with van der Waals surface area (Å²) in [6.07, 6.45) is 2.69. The molecule has 0 unspecified atom stereocenters. The maximum Gasteiger partial charge on any atom is 0.192 e. The Morgan fingerprint density at radius 3 is 2.38 bits per heavy atom. The number of sulfone groups is 1. The van der Waals surface area contributed by atoms with Crippen molar-refractivity contribution in [3.8, 4) is 11.1 Å². The molecule has 1 N–H and O–H groups in total. The van der Waals surface area contributed by atoms with Crippen molar-refractivity contribution >= 4 is 9.84 Å². The molecule has 0 fully saturated rings. The van der Waals surface area contributed by atoms with E-state index in [9.17, 15) is 8.42 Å². The molecule has 0 aliphatic rings. The quantitative estimate of drug-likeness (QED) is 0.864. The molecule has 5 heteroatoms. The topological polar surface area (TPSA) is 62.8 Å². The van der Waals surface area contributed by atoms with Crippen LogP contribution in [0.15, 0.2) is 35.5 Å². The van der Waals surface area contributed by atoms with Gasteiger partial charge in [-0.15, -0.1) is 0 Å². The molecule has 2 rings (SSSR count). The average molecular weight is 236 g/mol. The highest BCUT2D eigenvalue weighted by atomic mass is 32.2. The Morgan fingerprint density at radius 2 is 1.81 bits per heavy atom. The molecule has 0 saturated heterocycles. The normalized spacial score (nSPS) is 11.6. The zero-order valence-electron chi connectivity index (χ0n) is 9.06. The van der Waals surface area contributed by atoms with Crippen LogP contribution in [0.1, 0.15) is 5.56 Å². The van der Waals surface area contributed by atoms with Crippen molar-refractivity contribution in [2.75, 3.05) is 6.26 Å². The van der Waals surface area contributed by atoms with Crippen LogP contribution >= 0.6 is 0 Å². The van der Waals surface area contributed by atoms with E-state index in [4.69, 9.17) is 0 Å². The summed E-state index contributed by atoms with van der Waals surface area (Å²) in [6, 6.07) is 7.65. The van der Waals surface area contributed by atoms with Gasteiger partial charge in [0, 0.05) is 11.8 Å². The van der Waals surface area contributed by atoms with Crippen LogP contribution in [0.25, 0.3) is 11.1 Å². The van der Waals surface area contributed by atoms with Crippen molar-refractivity contribution in [2.24, 2.45) is 0 Å². The molecule has 1 aromatic heterocycles. The van der Waals surface area contributed by atoms with Crippen LogP contribution in [0.2, 0.25) is 0 Å². The number of H-pyrrole nitrogens is 1. The Morgan fingerprint density at radius 1 is 1.19 bits per heavy atom. The molecule has 0 aliphatic carbocycles. The number of aromatic nitrogens is 2. The Balaban J connectivity index is 2.58. The number of hydrogen-bond donors (Lipinski definition) is 1. The average Bonchev–Trinajstić information content (AvgIpc) is 2.66. The van der Waals surface area contributed by atoms with E-state index in [1.165, 1.54) is 6.20 Å². The number of aryl methyl sites for hydroxylation is 1. The van der Waals surface area contributed by atoms with Gasteiger partial charge in [0.25, 0.3) is 0 Å². The zero-order chi connectivity index (χ0) is 11.8. The molecule has 1 aromatic carbocycles. The summed E-state index contributed by atoms with van der Waals surface area (Å²) < 4.78 is 23.0. The molecule has 2 aromatic rings. The van der Waals surface area contributed by atoms with Gasteiger partial charge in [-0.25, -0.2) is 8.42 Å². The standard InChI is InChI=1S/C11H12N2O2S/c1-8-3-5-9(6-4-8)10-7-12-13-11(10)16(2,14)15/h3-7H,1-2H3,(H,12,13). The number of aromatic amines is 1. The molecular weight excluding hydrogens is 224 g/mol. The fraction of sp³-hybridized carbons (Fsp3) is 0.182. The first kappa shape index (κ1) is 10.9. The molecule has 0 amide bonds. The minimum Gasteiger partial charge on any atom is -0.267 e. The molecule has 0 aliphatic heterocycles. The minimum atomic E-state index is -3.27. The van der Waals surface area contributed by atoms with Crippen molar-refractivity contribution in [1.82, 2.24) is 10.2 Å². The highest BCUT2D eigenvalue weighted by molar-refractivity contribution is 7.90. The van der Waals surface area contributed by atoms with Gasteiger partial charge in [0.15, 0.2) is 14.9 Å². The first-order chi connectivity index (χ1) is 7.48. The van der Waals surface area contributed by atoms with Gasteiger partial charge in [0.1, 0.15) is 0 Å². The lowest BCUT2D eigenvalue weighted by Crippen LogP contribution is -1.99. The molecule has 16 heavy (non-hydrogen) atoms. The van der Waals surface area contributed by atoms with Crippen LogP contribution in [0.4, 0.5) is 0 Å². The number of nitrogens with one attached hydrogen (secondary N) is 1. The lowest BCUT2D eigenvalue weighted by Gasteiger charge is -2.01. The van der Waals surface area contributed by atoms with Gasteiger partial charge in [-0.2, -0.15) is 5.10 Å². The van der Waals surface area contributed by atoms with Gasteiger partial charge in [0.05, 0.1) is 6.20 Å². The summed E-state index contributed by atoms with van der Waals surface area (Å²) in [5.41, 5.74) is 2.59. The first-order valence-electron chi connectivity index (χ1n) is 4.79. The molecule has 0 saturated carbocycles. The highest BCUT2D eigenvalue weighted by Crippen LogP contribution is 2.25. The summed E-state index contributed by atoms with van der Waals surface area (Å²) in [6.45, 7) is 1.98. The number of hydrogen-bond acceptors (Lipinski definition) is 3. The second-order valence-corrected chi connectivity index (χ2v) is 5.70. The van der Waals surface area contributed by atoms with E-state index in [0.717, 1.165) is 17.4 Å². The second-order valence-electron chi connectivity index (χ2n) is 3.75. The largest absolute Gasteiger partial charge is 0.267 e. The maximum absolute atomic E-state index is 11.5. The van der Waals surface area contributed by atoms with Crippen LogP contribution < -0.4 is 0 Å². The van der Waals surface area contributed by atoms with E-state index in [1.54, 1.807) is 0 Å². The molecule has 84 valence electrons. The van der Waals surface area contributed by atoms with E-state index in [1.807, 2.05) is 31.2 Å². The lowest BCUT2D eigenvalue weighted by atomic mass is 10.1. The van der Waals surface area contributed by atoms with Crippen molar-refractivity contribution in [3.63, 3.8) is 0 Å². The second kappa shape index (κ2) is 3.75. The summed E-state index contributed by atoms with van der Waals surface area (Å²) in [5, 5.41) is 6.47. The van der Waals surface area contributed by atoms with Crippen LogP contribution in [0.3, 0.4) is 0 Å². The van der Waals surface area contributed by atoms with Crippen LogP contribution in [0.5, 0.6) is 0 Å². The molecular formula is C11H12N2O2S. The van der Waals surface area contributed by atoms with E-state index < -0.39 is 9.84 Å². The molecule has 4 nitrogen and oxygen atoms in total. The smallest absolute Gasteiger partial charge is 0.192 e. The third-order valence-electron chi connectivity index (χ3n) is 2.34. The van der Waals surface area contributed by atoms with Gasteiger partial charge >= 0.3 is 0 Å². The van der Waals surface area contributed by atoms with Crippen molar-refractivity contribution < 1.29 is 8.42 Å². The van der Waals surface area contributed by atoms with Gasteiger partial charge in [-0.3, -0.25) is 5.10 Å². The Kier molecular flexibility index (Phi) is 2.55. The Labute approximate surface area is 94.2 Å². The summed E-state index contributed by atoms with van der Waals surface area (Å²) in [5.74, 6) is 0. The van der Waals surface area contributed by atoms with E-state index >= 15 is 0 Å². The SMILES string of the molecule is Cc1ccc(-c2cn[nH]c2S(C)(=O)=O)cc1. The van der Waals surface area contributed by atoms with Gasteiger partial charge < -0.3 is 0 Å². The van der Waals surface area contributed by atoms with Gasteiger partial charge in [-0.1, -0.05) is 29.8 Å². The zero-order valence-corrected chi connectivity index (χ0v) is 9.88. The van der Waals surface area contributed by atoms with Crippen molar-refractivity contribution in [2.45, 2.75) is 11.9 Å². The number of nitrogens with zero attached hydrogens (tertiary/aromatic N) is 1. The minimum absolute atomic E-state index is 0.163. The molecule has 0 atom stereocenters. The van der Waals surface area contributed by atoms with Crippen LogP contribution in [-0.2, 0) is 9.84 Å². The third-order valence-corrected chi connectivity index (χ3v) is 3.39. The third kappa shape index (κ3) is 1.99. The van der Waals surface area contributed by atoms with Crippen molar-refractivity contribution in [1.29, 1.82) is 0 Å². The Hall–Kier alpha value is -1.62. The molecule has 0 bridgehead atoms. The van der Waals surface area contributed by atoms with Gasteiger partial charge in [0.2, 0.25) is 0 Å². The maximum atomic E-state index is 11.5. The van der Waals surface area contributed by atoms with Crippen molar-refractivity contribution in [3.05, 3.63) is 36.0 Å².